The summed E-state index contributed by atoms with van der Waals surface area (Å²) in [7, 11) is 0. The van der Waals surface area contributed by atoms with E-state index in [1.54, 1.807) is 12.1 Å². The first kappa shape index (κ1) is 13.5. The van der Waals surface area contributed by atoms with Crippen molar-refractivity contribution < 1.29 is 9.18 Å². The second-order valence-corrected chi connectivity index (χ2v) is 5.90. The highest BCUT2D eigenvalue weighted by atomic mass is 19.1. The van der Waals surface area contributed by atoms with Crippen LogP contribution in [0.5, 0.6) is 0 Å². The Labute approximate surface area is 118 Å². The highest BCUT2D eigenvalue weighted by Gasteiger charge is 2.34. The molecule has 2 aliphatic heterocycles. The molecule has 0 aromatic heterocycles. The number of nitrogens with zero attached hydrogens (tertiary/aromatic N) is 1. The lowest BCUT2D eigenvalue weighted by Crippen LogP contribution is -2.54. The molecule has 0 saturated carbocycles. The first-order valence-corrected chi connectivity index (χ1v) is 7.14. The van der Waals surface area contributed by atoms with Crippen LogP contribution in [0.15, 0.2) is 24.3 Å². The minimum atomic E-state index is -0.692. The molecule has 2 fully saturated rings. The van der Waals surface area contributed by atoms with Crippen molar-refractivity contribution in [2.24, 2.45) is 17.6 Å². The van der Waals surface area contributed by atoms with Gasteiger partial charge in [0, 0.05) is 13.1 Å². The topological polar surface area (TPSA) is 58.4 Å². The second kappa shape index (κ2) is 5.50. The molecule has 2 heterocycles. The number of amides is 1. The molecule has 0 spiro atoms. The molecule has 2 unspecified atom stereocenters. The molecule has 1 amide bonds. The minimum Gasteiger partial charge on any atom is -0.340 e. The van der Waals surface area contributed by atoms with Crippen LogP contribution in [-0.2, 0) is 4.79 Å². The van der Waals surface area contributed by atoms with Crippen molar-refractivity contribution in [3.05, 3.63) is 35.6 Å². The standard InChI is InChI=1S/C15H20FN3O/c16-13-3-1-12(2-4-13)14(17)15(20)19-8-10-5-11(9-19)7-18-6-10/h1-4,10-11,14,18H,5-9,17H2/t10?,11?,14-/m0/s1. The molecule has 0 radical (unpaired) electrons. The lowest BCUT2D eigenvalue weighted by molar-refractivity contribution is -0.136. The Morgan fingerprint density at radius 2 is 1.85 bits per heavy atom. The van der Waals surface area contributed by atoms with Crippen molar-refractivity contribution in [2.45, 2.75) is 12.5 Å². The van der Waals surface area contributed by atoms with Gasteiger partial charge in [-0.25, -0.2) is 4.39 Å². The summed E-state index contributed by atoms with van der Waals surface area (Å²) < 4.78 is 12.9. The van der Waals surface area contributed by atoms with Crippen LogP contribution in [0, 0.1) is 17.7 Å². The molecule has 2 saturated heterocycles. The highest BCUT2D eigenvalue weighted by Crippen LogP contribution is 2.26. The van der Waals surface area contributed by atoms with E-state index < -0.39 is 6.04 Å². The van der Waals surface area contributed by atoms with Gasteiger partial charge >= 0.3 is 0 Å². The van der Waals surface area contributed by atoms with Crippen LogP contribution in [0.3, 0.4) is 0 Å². The van der Waals surface area contributed by atoms with Gasteiger partial charge in [-0.2, -0.15) is 0 Å². The zero-order chi connectivity index (χ0) is 14.1. The highest BCUT2D eigenvalue weighted by molar-refractivity contribution is 5.83. The Morgan fingerprint density at radius 3 is 2.45 bits per heavy atom. The quantitative estimate of drug-likeness (QED) is 0.844. The average molecular weight is 277 g/mol. The third-order valence-corrected chi connectivity index (χ3v) is 4.30. The van der Waals surface area contributed by atoms with Gasteiger partial charge in [-0.3, -0.25) is 4.79 Å². The zero-order valence-electron chi connectivity index (χ0n) is 11.4. The van der Waals surface area contributed by atoms with E-state index in [0.29, 0.717) is 17.4 Å². The molecule has 3 N–H and O–H groups in total. The molecule has 0 aliphatic carbocycles. The molecule has 20 heavy (non-hydrogen) atoms. The SMILES string of the molecule is N[C@H](C(=O)N1CC2CNCC(C2)C1)c1ccc(F)cc1. The molecular formula is C15H20FN3O. The summed E-state index contributed by atoms with van der Waals surface area (Å²) in [5, 5.41) is 3.40. The predicted octanol–water partition coefficient (Wildman–Crippen LogP) is 0.893. The van der Waals surface area contributed by atoms with Gasteiger partial charge in [0.1, 0.15) is 11.9 Å². The monoisotopic (exact) mass is 277 g/mol. The Bertz CT molecular complexity index is 478. The van der Waals surface area contributed by atoms with Gasteiger partial charge in [0.25, 0.3) is 0 Å². The molecule has 3 atom stereocenters. The smallest absolute Gasteiger partial charge is 0.244 e. The van der Waals surface area contributed by atoms with Crippen LogP contribution in [0.2, 0.25) is 0 Å². The fraction of sp³-hybridized carbons (Fsp3) is 0.533. The third kappa shape index (κ3) is 2.69. The van der Waals surface area contributed by atoms with E-state index >= 15 is 0 Å². The normalized spacial score (nSPS) is 27.2. The first-order valence-electron chi connectivity index (χ1n) is 7.14. The largest absolute Gasteiger partial charge is 0.340 e. The van der Waals surface area contributed by atoms with E-state index in [2.05, 4.69) is 5.32 Å². The van der Waals surface area contributed by atoms with Crippen LogP contribution >= 0.6 is 0 Å². The molecular weight excluding hydrogens is 257 g/mol. The maximum Gasteiger partial charge on any atom is 0.244 e. The van der Waals surface area contributed by atoms with Gasteiger partial charge < -0.3 is 16.0 Å². The lowest BCUT2D eigenvalue weighted by Gasteiger charge is -2.42. The predicted molar refractivity (Wildman–Crippen MR) is 74.4 cm³/mol. The summed E-state index contributed by atoms with van der Waals surface area (Å²) in [5.41, 5.74) is 6.71. The van der Waals surface area contributed by atoms with Crippen molar-refractivity contribution in [1.82, 2.24) is 10.2 Å². The van der Waals surface area contributed by atoms with Crippen molar-refractivity contribution >= 4 is 5.91 Å². The number of nitrogens with two attached hydrogens (primary N) is 1. The van der Waals surface area contributed by atoms with E-state index in [9.17, 15) is 9.18 Å². The minimum absolute atomic E-state index is 0.0480. The molecule has 2 aliphatic rings. The summed E-state index contributed by atoms with van der Waals surface area (Å²) in [6, 6.07) is 5.17. The number of likely N-dealkylation sites (tertiary alicyclic amines) is 1. The van der Waals surface area contributed by atoms with Crippen molar-refractivity contribution in [3.8, 4) is 0 Å². The van der Waals surface area contributed by atoms with Gasteiger partial charge in [0.15, 0.2) is 0 Å². The number of piperidine rings is 2. The molecule has 2 bridgehead atoms. The fourth-order valence-electron chi connectivity index (χ4n) is 3.30. The first-order chi connectivity index (χ1) is 9.63. The number of hydrogen-bond acceptors (Lipinski definition) is 3. The zero-order valence-corrected chi connectivity index (χ0v) is 11.4. The molecule has 108 valence electrons. The Balaban J connectivity index is 1.70. The average Bonchev–Trinajstić information content (AvgIpc) is 2.46. The summed E-state index contributed by atoms with van der Waals surface area (Å²) in [6.07, 6.45) is 1.20. The van der Waals surface area contributed by atoms with Crippen LogP contribution in [0.1, 0.15) is 18.0 Å². The van der Waals surface area contributed by atoms with Crippen LogP contribution in [-0.4, -0.2) is 37.0 Å². The number of halogens is 1. The van der Waals surface area contributed by atoms with Gasteiger partial charge in [-0.1, -0.05) is 12.1 Å². The number of carbonyl (C=O) groups excluding carboxylic acids is 1. The van der Waals surface area contributed by atoms with Crippen molar-refractivity contribution in [1.29, 1.82) is 0 Å². The number of benzene rings is 1. The number of fused-ring (bicyclic) bond motifs is 2. The summed E-state index contributed by atoms with van der Waals surface area (Å²) in [4.78, 5) is 14.4. The fourth-order valence-corrected chi connectivity index (χ4v) is 3.30. The van der Waals surface area contributed by atoms with Crippen molar-refractivity contribution in [3.63, 3.8) is 0 Å². The van der Waals surface area contributed by atoms with Crippen LogP contribution in [0.25, 0.3) is 0 Å². The van der Waals surface area contributed by atoms with Crippen molar-refractivity contribution in [2.75, 3.05) is 26.2 Å². The number of rotatable bonds is 2. The molecule has 1 aromatic rings. The van der Waals surface area contributed by atoms with E-state index in [1.807, 2.05) is 4.90 Å². The van der Waals surface area contributed by atoms with Gasteiger partial charge in [-0.05, 0) is 49.0 Å². The summed E-state index contributed by atoms with van der Waals surface area (Å²) in [6.45, 7) is 3.51. The Morgan fingerprint density at radius 1 is 1.25 bits per heavy atom. The number of carbonyl (C=O) groups is 1. The number of hydrogen-bond donors (Lipinski definition) is 2. The van der Waals surface area contributed by atoms with Gasteiger partial charge in [0.2, 0.25) is 5.91 Å². The molecule has 1 aromatic carbocycles. The van der Waals surface area contributed by atoms with Gasteiger partial charge in [0.05, 0.1) is 0 Å². The lowest BCUT2D eigenvalue weighted by atomic mass is 9.85. The maximum atomic E-state index is 12.9. The third-order valence-electron chi connectivity index (χ3n) is 4.30. The van der Waals surface area contributed by atoms with Crippen LogP contribution in [0.4, 0.5) is 4.39 Å². The Kier molecular flexibility index (Phi) is 3.72. The van der Waals surface area contributed by atoms with E-state index in [1.165, 1.54) is 18.6 Å². The van der Waals surface area contributed by atoms with E-state index in [0.717, 1.165) is 26.2 Å². The van der Waals surface area contributed by atoms with Gasteiger partial charge in [-0.15, -0.1) is 0 Å². The van der Waals surface area contributed by atoms with E-state index in [-0.39, 0.29) is 11.7 Å². The summed E-state index contributed by atoms with van der Waals surface area (Å²) >= 11 is 0. The number of nitrogens with one attached hydrogen (secondary N) is 1. The summed E-state index contributed by atoms with van der Waals surface area (Å²) in [5.74, 6) is 0.707. The second-order valence-electron chi connectivity index (χ2n) is 5.90. The molecule has 5 heteroatoms. The Hall–Kier alpha value is -1.46. The van der Waals surface area contributed by atoms with Crippen LogP contribution < -0.4 is 11.1 Å². The molecule has 3 rings (SSSR count). The molecule has 4 nitrogen and oxygen atoms in total. The van der Waals surface area contributed by atoms with E-state index in [4.69, 9.17) is 5.73 Å². The maximum absolute atomic E-state index is 12.9.